The van der Waals surface area contributed by atoms with E-state index < -0.39 is 24.3 Å². The third kappa shape index (κ3) is 1.06. The van der Waals surface area contributed by atoms with Gasteiger partial charge in [-0.3, -0.25) is 0 Å². The molecule has 3 aliphatic heterocycles. The largest absolute Gasteiger partial charge is 0.448 e. The van der Waals surface area contributed by atoms with Gasteiger partial charge >= 0.3 is 5.97 Å². The number of esters is 1. The number of carbonyl (C=O) groups excluding carboxylic acids is 1. The van der Waals surface area contributed by atoms with Crippen LogP contribution in [0.4, 0.5) is 0 Å². The van der Waals surface area contributed by atoms with Gasteiger partial charge in [0, 0.05) is 6.42 Å². The topological polar surface area (TPSA) is 65.0 Å². The quantitative estimate of drug-likeness (QED) is 0.385. The molecule has 4 aliphatic rings. The molecule has 0 radical (unpaired) electrons. The third-order valence-corrected chi connectivity index (χ3v) is 4.42. The molecule has 3 fully saturated rings. The molecule has 1 N–H and O–H groups in total. The van der Waals surface area contributed by atoms with Crippen molar-refractivity contribution in [1.82, 2.24) is 0 Å². The van der Waals surface area contributed by atoms with Crippen molar-refractivity contribution in [3.63, 3.8) is 0 Å². The second-order valence-electron chi connectivity index (χ2n) is 5.25. The Hall–Kier alpha value is -1.17. The molecular formula is C13H14O5. The number of aliphatic hydroxyl groups excluding tert-OH is 1. The van der Waals surface area contributed by atoms with E-state index in [1.54, 1.807) is 13.0 Å². The second-order valence-corrected chi connectivity index (χ2v) is 5.25. The Morgan fingerprint density at radius 2 is 2.33 bits per heavy atom. The summed E-state index contributed by atoms with van der Waals surface area (Å²) < 4.78 is 16.8. The summed E-state index contributed by atoms with van der Waals surface area (Å²) >= 11 is 0. The van der Waals surface area contributed by atoms with Gasteiger partial charge in [0.2, 0.25) is 0 Å². The minimum Gasteiger partial charge on any atom is -0.448 e. The van der Waals surface area contributed by atoms with E-state index in [0.717, 1.165) is 0 Å². The van der Waals surface area contributed by atoms with E-state index in [1.807, 2.05) is 12.2 Å². The van der Waals surface area contributed by atoms with Crippen LogP contribution in [0.15, 0.2) is 23.8 Å². The fourth-order valence-electron chi connectivity index (χ4n) is 3.69. The number of rotatable bonds is 0. The van der Waals surface area contributed by atoms with Gasteiger partial charge in [0.25, 0.3) is 0 Å². The van der Waals surface area contributed by atoms with Gasteiger partial charge in [0.15, 0.2) is 18.2 Å². The predicted octanol–water partition coefficient (Wildman–Crippen LogP) is 0.494. The Morgan fingerprint density at radius 3 is 3.11 bits per heavy atom. The van der Waals surface area contributed by atoms with E-state index in [1.165, 1.54) is 0 Å². The normalized spacial score (nSPS) is 54.7. The predicted molar refractivity (Wildman–Crippen MR) is 59.1 cm³/mol. The lowest BCUT2D eigenvalue weighted by Gasteiger charge is -2.35. The highest BCUT2D eigenvalue weighted by Crippen LogP contribution is 2.57. The monoisotopic (exact) mass is 250 g/mol. The smallest absolute Gasteiger partial charge is 0.337 e. The Balaban J connectivity index is 1.80. The average molecular weight is 250 g/mol. The molecule has 0 saturated carbocycles. The first-order valence-electron chi connectivity index (χ1n) is 6.23. The van der Waals surface area contributed by atoms with E-state index in [4.69, 9.17) is 14.2 Å². The van der Waals surface area contributed by atoms with Crippen LogP contribution < -0.4 is 0 Å². The van der Waals surface area contributed by atoms with Gasteiger partial charge in [0.05, 0.1) is 11.5 Å². The van der Waals surface area contributed by atoms with E-state index in [0.29, 0.717) is 12.0 Å². The zero-order valence-corrected chi connectivity index (χ0v) is 9.91. The number of carbonyl (C=O) groups is 1. The molecule has 96 valence electrons. The standard InChI is InChI=1S/C13H14O5/c1-2-7-10-13(18-11(7)15)4-3-6-5-8(14)16-12(17-10)9(6)13/h2-4,6,8-10,12,14H,5H2,1H3/b7-2+/t6-,8-,9+,10-,12-,13?/m0/s1. The molecule has 0 aromatic carbocycles. The highest BCUT2D eigenvalue weighted by atomic mass is 16.8. The summed E-state index contributed by atoms with van der Waals surface area (Å²) in [6.07, 6.45) is 4.49. The Bertz CT molecular complexity index is 482. The molecule has 0 aromatic heterocycles. The van der Waals surface area contributed by atoms with Gasteiger partial charge < -0.3 is 19.3 Å². The van der Waals surface area contributed by atoms with Crippen LogP contribution in [0.25, 0.3) is 0 Å². The summed E-state index contributed by atoms with van der Waals surface area (Å²) in [7, 11) is 0. The fourth-order valence-corrected chi connectivity index (χ4v) is 3.69. The van der Waals surface area contributed by atoms with Gasteiger partial charge in [-0.05, 0) is 18.9 Å². The number of ether oxygens (including phenoxy) is 3. The molecule has 5 heteroatoms. The van der Waals surface area contributed by atoms with Crippen molar-refractivity contribution in [2.75, 3.05) is 0 Å². The maximum Gasteiger partial charge on any atom is 0.337 e. The Morgan fingerprint density at radius 1 is 1.50 bits per heavy atom. The fraction of sp³-hybridized carbons (Fsp3) is 0.615. The first-order valence-corrected chi connectivity index (χ1v) is 6.23. The van der Waals surface area contributed by atoms with Crippen molar-refractivity contribution < 1.29 is 24.1 Å². The van der Waals surface area contributed by atoms with E-state index >= 15 is 0 Å². The van der Waals surface area contributed by atoms with Crippen LogP contribution in [0, 0.1) is 11.8 Å². The van der Waals surface area contributed by atoms with Crippen LogP contribution in [0.1, 0.15) is 13.3 Å². The lowest BCUT2D eigenvalue weighted by molar-refractivity contribution is -0.263. The van der Waals surface area contributed by atoms with Gasteiger partial charge in [-0.15, -0.1) is 0 Å². The molecule has 0 amide bonds. The summed E-state index contributed by atoms with van der Waals surface area (Å²) in [5.41, 5.74) is -0.165. The lowest BCUT2D eigenvalue weighted by atomic mass is 9.80. The number of hydrogen-bond acceptors (Lipinski definition) is 5. The summed E-state index contributed by atoms with van der Waals surface area (Å²) in [5, 5.41) is 9.65. The molecule has 1 spiro atoms. The second kappa shape index (κ2) is 3.23. The Kier molecular flexibility index (Phi) is 1.92. The van der Waals surface area contributed by atoms with Gasteiger partial charge in [0.1, 0.15) is 6.10 Å². The van der Waals surface area contributed by atoms with Crippen molar-refractivity contribution >= 4 is 5.97 Å². The zero-order chi connectivity index (χ0) is 12.5. The SMILES string of the molecule is C/C=C1/C(=O)OC23C=C[C@H]4C[C@@H](O)O[C@@H](O[C@@H]12)[C@@H]43. The minimum absolute atomic E-state index is 0.0349. The highest BCUT2D eigenvalue weighted by molar-refractivity contribution is 5.93. The highest BCUT2D eigenvalue weighted by Gasteiger charge is 2.69. The summed E-state index contributed by atoms with van der Waals surface area (Å²) in [6, 6.07) is 0. The Labute approximate surface area is 104 Å². The lowest BCUT2D eigenvalue weighted by Crippen LogP contribution is -2.45. The molecule has 5 nitrogen and oxygen atoms in total. The van der Waals surface area contributed by atoms with Crippen LogP contribution in [0.2, 0.25) is 0 Å². The molecule has 1 unspecified atom stereocenters. The zero-order valence-electron chi connectivity index (χ0n) is 9.91. The van der Waals surface area contributed by atoms with Crippen LogP contribution >= 0.6 is 0 Å². The van der Waals surface area contributed by atoms with Gasteiger partial charge in [-0.1, -0.05) is 12.2 Å². The van der Waals surface area contributed by atoms with E-state index in [9.17, 15) is 9.90 Å². The molecule has 3 heterocycles. The van der Waals surface area contributed by atoms with Crippen LogP contribution in [0.3, 0.4) is 0 Å². The van der Waals surface area contributed by atoms with Crippen molar-refractivity contribution in [3.8, 4) is 0 Å². The van der Waals surface area contributed by atoms with Crippen molar-refractivity contribution in [2.45, 2.75) is 37.6 Å². The third-order valence-electron chi connectivity index (χ3n) is 4.42. The molecule has 0 aromatic rings. The minimum atomic E-state index is -0.806. The first-order chi connectivity index (χ1) is 8.65. The van der Waals surface area contributed by atoms with Crippen molar-refractivity contribution in [2.24, 2.45) is 11.8 Å². The van der Waals surface area contributed by atoms with Crippen molar-refractivity contribution in [3.05, 3.63) is 23.8 Å². The van der Waals surface area contributed by atoms with Crippen LogP contribution in [-0.4, -0.2) is 35.4 Å². The summed E-state index contributed by atoms with van der Waals surface area (Å²) in [6.45, 7) is 1.80. The number of hydrogen-bond donors (Lipinski definition) is 1. The van der Waals surface area contributed by atoms with Gasteiger partial charge in [-0.25, -0.2) is 4.79 Å². The maximum atomic E-state index is 11.8. The average Bonchev–Trinajstić information content (AvgIpc) is 2.89. The molecule has 0 bridgehead atoms. The van der Waals surface area contributed by atoms with Gasteiger partial charge in [-0.2, -0.15) is 0 Å². The molecular weight excluding hydrogens is 236 g/mol. The first kappa shape index (κ1) is 10.7. The number of aliphatic hydroxyl groups is 1. The molecule has 4 rings (SSSR count). The molecule has 6 atom stereocenters. The van der Waals surface area contributed by atoms with Crippen LogP contribution in [0.5, 0.6) is 0 Å². The van der Waals surface area contributed by atoms with Crippen molar-refractivity contribution in [1.29, 1.82) is 0 Å². The maximum absolute atomic E-state index is 11.8. The van der Waals surface area contributed by atoms with Crippen LogP contribution in [-0.2, 0) is 19.0 Å². The molecule has 18 heavy (non-hydrogen) atoms. The number of allylic oxidation sites excluding steroid dienone is 2. The van der Waals surface area contributed by atoms with E-state index in [2.05, 4.69) is 0 Å². The summed E-state index contributed by atoms with van der Waals surface area (Å²) in [4.78, 5) is 11.8. The molecule has 1 aliphatic carbocycles. The van der Waals surface area contributed by atoms with E-state index in [-0.39, 0.29) is 17.8 Å². The molecule has 3 saturated heterocycles. The summed E-state index contributed by atoms with van der Waals surface area (Å²) in [5.74, 6) is -0.197.